The molecule has 2 rings (SSSR count). The maximum Gasteiger partial charge on any atom is 0.302 e. The lowest BCUT2D eigenvalue weighted by molar-refractivity contribution is -0.141. The summed E-state index contributed by atoms with van der Waals surface area (Å²) in [6, 6.07) is 17.0. The van der Waals surface area contributed by atoms with E-state index >= 15 is 0 Å². The van der Waals surface area contributed by atoms with Crippen molar-refractivity contribution in [2.45, 2.75) is 44.9 Å². The van der Waals surface area contributed by atoms with E-state index in [0.717, 1.165) is 5.56 Å². The van der Waals surface area contributed by atoms with Crippen molar-refractivity contribution in [3.8, 4) is 5.75 Å². The molecule has 0 heterocycles. The summed E-state index contributed by atoms with van der Waals surface area (Å²) in [6.07, 6.45) is 2.62. The van der Waals surface area contributed by atoms with Crippen molar-refractivity contribution >= 4 is 17.8 Å². The van der Waals surface area contributed by atoms with Crippen LogP contribution in [0.5, 0.6) is 5.75 Å². The van der Waals surface area contributed by atoms with Gasteiger partial charge in [-0.15, -0.1) is 0 Å². The minimum Gasteiger partial charge on any atom is -0.496 e. The van der Waals surface area contributed by atoms with Crippen molar-refractivity contribution in [2.24, 2.45) is 0 Å². The molecule has 0 saturated heterocycles. The molecule has 0 radical (unpaired) electrons. The van der Waals surface area contributed by atoms with Gasteiger partial charge in [-0.25, -0.2) is 0 Å². The van der Waals surface area contributed by atoms with Gasteiger partial charge in [0, 0.05) is 25.8 Å². The van der Waals surface area contributed by atoms with Gasteiger partial charge in [0.15, 0.2) is 0 Å². The number of carbonyl (C=O) groups excluding carboxylic acids is 3. The summed E-state index contributed by atoms with van der Waals surface area (Å²) < 4.78 is 15.6. The van der Waals surface area contributed by atoms with Crippen LogP contribution in [0.3, 0.4) is 0 Å². The van der Waals surface area contributed by atoms with E-state index in [-0.39, 0.29) is 17.8 Å². The molecular weight excluding hydrogens is 422 g/mol. The number of methoxy groups -OCH3 is 1. The molecule has 33 heavy (non-hydrogen) atoms. The highest BCUT2D eigenvalue weighted by atomic mass is 16.5. The van der Waals surface area contributed by atoms with E-state index in [2.05, 4.69) is 5.32 Å². The molecule has 0 aliphatic carbocycles. The zero-order valence-electron chi connectivity index (χ0n) is 19.6. The molecule has 0 fully saturated rings. The van der Waals surface area contributed by atoms with Crippen LogP contribution in [0.25, 0.3) is 0 Å². The second-order valence-corrected chi connectivity index (χ2v) is 7.92. The molecule has 0 aliphatic rings. The average molecular weight is 456 g/mol. The Labute approximate surface area is 195 Å². The summed E-state index contributed by atoms with van der Waals surface area (Å²) >= 11 is 0. The van der Waals surface area contributed by atoms with Gasteiger partial charge >= 0.3 is 11.9 Å². The first kappa shape index (κ1) is 25.9. The lowest BCUT2D eigenvalue weighted by Gasteiger charge is -2.35. The average Bonchev–Trinajstić information content (AvgIpc) is 2.82. The van der Waals surface area contributed by atoms with Gasteiger partial charge in [-0.2, -0.15) is 0 Å². The third-order valence-electron chi connectivity index (χ3n) is 5.54. The van der Waals surface area contributed by atoms with Crippen molar-refractivity contribution in [1.82, 2.24) is 5.32 Å². The van der Waals surface area contributed by atoms with Gasteiger partial charge in [-0.05, 0) is 43.4 Å². The molecule has 0 unspecified atom stereocenters. The summed E-state index contributed by atoms with van der Waals surface area (Å²) in [7, 11) is 1.53. The number of amides is 1. The third kappa shape index (κ3) is 8.25. The Morgan fingerprint density at radius 2 is 1.36 bits per heavy atom. The Morgan fingerprint density at radius 3 is 1.91 bits per heavy atom. The highest BCUT2D eigenvalue weighted by molar-refractivity contribution is 5.96. The topological polar surface area (TPSA) is 90.9 Å². The van der Waals surface area contributed by atoms with Gasteiger partial charge in [0.25, 0.3) is 5.91 Å². The van der Waals surface area contributed by atoms with Crippen LogP contribution in [0.15, 0.2) is 54.6 Å². The van der Waals surface area contributed by atoms with Crippen molar-refractivity contribution < 1.29 is 28.6 Å². The van der Waals surface area contributed by atoms with Crippen molar-refractivity contribution in [3.05, 3.63) is 65.7 Å². The maximum absolute atomic E-state index is 13.0. The summed E-state index contributed by atoms with van der Waals surface area (Å²) in [5.74, 6) is -0.364. The fourth-order valence-corrected chi connectivity index (χ4v) is 3.91. The lowest BCUT2D eigenvalue weighted by atomic mass is 9.73. The highest BCUT2D eigenvalue weighted by Crippen LogP contribution is 2.34. The van der Waals surface area contributed by atoms with Gasteiger partial charge < -0.3 is 19.5 Å². The fraction of sp³-hybridized carbons (Fsp3) is 0.423. The molecule has 0 bridgehead atoms. The number of esters is 2. The molecule has 178 valence electrons. The largest absolute Gasteiger partial charge is 0.496 e. The smallest absolute Gasteiger partial charge is 0.302 e. The number of para-hydroxylation sites is 1. The van der Waals surface area contributed by atoms with Crippen molar-refractivity contribution in [1.29, 1.82) is 0 Å². The van der Waals surface area contributed by atoms with Crippen LogP contribution in [0.2, 0.25) is 0 Å². The lowest BCUT2D eigenvalue weighted by Crippen LogP contribution is -2.41. The molecule has 0 spiro atoms. The summed E-state index contributed by atoms with van der Waals surface area (Å²) in [5.41, 5.74) is 1.09. The Kier molecular flexibility index (Phi) is 10.4. The molecule has 0 atom stereocenters. The van der Waals surface area contributed by atoms with Crippen molar-refractivity contribution in [3.63, 3.8) is 0 Å². The second-order valence-electron chi connectivity index (χ2n) is 7.92. The zero-order valence-corrected chi connectivity index (χ0v) is 19.6. The van der Waals surface area contributed by atoms with Gasteiger partial charge in [0.05, 0.1) is 25.9 Å². The van der Waals surface area contributed by atoms with Crippen LogP contribution in [0, 0.1) is 0 Å². The van der Waals surface area contributed by atoms with E-state index < -0.39 is 5.41 Å². The summed E-state index contributed by atoms with van der Waals surface area (Å²) in [6.45, 7) is 3.74. The molecule has 7 heteroatoms. The van der Waals surface area contributed by atoms with E-state index in [1.54, 1.807) is 18.2 Å². The van der Waals surface area contributed by atoms with Crippen molar-refractivity contribution in [2.75, 3.05) is 26.9 Å². The second kappa shape index (κ2) is 13.3. The molecule has 0 aliphatic heterocycles. The third-order valence-corrected chi connectivity index (χ3v) is 5.54. The first-order valence-corrected chi connectivity index (χ1v) is 11.1. The first-order valence-electron chi connectivity index (χ1n) is 11.1. The molecule has 1 N–H and O–H groups in total. The number of carbonyl (C=O) groups is 3. The monoisotopic (exact) mass is 455 g/mol. The molecule has 1 amide bonds. The molecule has 2 aromatic rings. The number of hydrogen-bond donors (Lipinski definition) is 1. The first-order chi connectivity index (χ1) is 15.9. The Hall–Kier alpha value is -3.35. The highest BCUT2D eigenvalue weighted by Gasteiger charge is 2.32. The Bertz CT molecular complexity index is 890. The quantitative estimate of drug-likeness (QED) is 0.362. The fourth-order valence-electron chi connectivity index (χ4n) is 3.91. The minimum atomic E-state index is -0.431. The SMILES string of the molecule is COc1ccccc1C(=O)NCC(CCCOC(C)=O)(CCCOC(C)=O)c1ccccc1. The minimum absolute atomic E-state index is 0.229. The number of hydrogen-bond acceptors (Lipinski definition) is 6. The predicted molar refractivity (Wildman–Crippen MR) is 125 cm³/mol. The van der Waals surface area contributed by atoms with E-state index in [1.807, 2.05) is 36.4 Å². The van der Waals surface area contributed by atoms with Crippen LogP contribution in [-0.2, 0) is 24.5 Å². The number of benzene rings is 2. The van der Waals surface area contributed by atoms with E-state index in [0.29, 0.717) is 56.8 Å². The normalized spacial score (nSPS) is 10.9. The number of rotatable bonds is 13. The molecular formula is C26H33NO6. The summed E-state index contributed by atoms with van der Waals surface area (Å²) in [4.78, 5) is 35.4. The van der Waals surface area contributed by atoms with Gasteiger partial charge in [-0.1, -0.05) is 42.5 Å². The van der Waals surface area contributed by atoms with Crippen LogP contribution in [-0.4, -0.2) is 44.7 Å². The number of ether oxygens (including phenoxy) is 3. The zero-order chi connectivity index (χ0) is 24.1. The molecule has 2 aromatic carbocycles. The molecule has 7 nitrogen and oxygen atoms in total. The Balaban J connectivity index is 2.25. The van der Waals surface area contributed by atoms with Crippen LogP contribution in [0.4, 0.5) is 0 Å². The Morgan fingerprint density at radius 1 is 0.818 bits per heavy atom. The van der Waals surface area contributed by atoms with Gasteiger partial charge in [0.2, 0.25) is 0 Å². The van der Waals surface area contributed by atoms with Crippen LogP contribution in [0.1, 0.15) is 55.5 Å². The van der Waals surface area contributed by atoms with E-state index in [4.69, 9.17) is 14.2 Å². The van der Waals surface area contributed by atoms with E-state index in [1.165, 1.54) is 21.0 Å². The number of nitrogens with one attached hydrogen (secondary N) is 1. The van der Waals surface area contributed by atoms with E-state index in [9.17, 15) is 14.4 Å². The van der Waals surface area contributed by atoms with Crippen LogP contribution < -0.4 is 10.1 Å². The van der Waals surface area contributed by atoms with Gasteiger partial charge in [0.1, 0.15) is 5.75 Å². The maximum atomic E-state index is 13.0. The molecule has 0 saturated carbocycles. The predicted octanol–water partition coefficient (Wildman–Crippen LogP) is 4.05. The van der Waals surface area contributed by atoms with Crippen LogP contribution >= 0.6 is 0 Å². The summed E-state index contributed by atoms with van der Waals surface area (Å²) in [5, 5.41) is 3.08. The molecule has 0 aromatic heterocycles. The standard InChI is InChI=1S/C26H33NO6/c1-20(28)32-17-9-15-26(16-10-18-33-21(2)29,22-11-5-4-6-12-22)19-27-25(30)23-13-7-8-14-24(23)31-3/h4-8,11-14H,9-10,15-19H2,1-3H3,(H,27,30). The van der Waals surface area contributed by atoms with Gasteiger partial charge in [-0.3, -0.25) is 14.4 Å².